The van der Waals surface area contributed by atoms with Gasteiger partial charge in [0.15, 0.2) is 6.61 Å². The third-order valence-electron chi connectivity index (χ3n) is 3.73. The molecule has 0 unspecified atom stereocenters. The molecule has 146 valence electrons. The molecule has 0 atom stereocenters. The monoisotopic (exact) mass is 402 g/mol. The summed E-state index contributed by atoms with van der Waals surface area (Å²) in [6, 6.07) is 12.8. The van der Waals surface area contributed by atoms with Gasteiger partial charge in [0, 0.05) is 25.3 Å². The summed E-state index contributed by atoms with van der Waals surface area (Å²) in [5, 5.41) is 10.0. The van der Waals surface area contributed by atoms with Crippen molar-refractivity contribution in [1.29, 1.82) is 0 Å². The average molecular weight is 402 g/mol. The van der Waals surface area contributed by atoms with E-state index in [1.54, 1.807) is 36.4 Å². The Morgan fingerprint density at radius 1 is 1.18 bits per heavy atom. The van der Waals surface area contributed by atoms with Gasteiger partial charge in [-0.25, -0.2) is 12.7 Å². The molecule has 0 bridgehead atoms. The molecule has 0 aliphatic carbocycles. The van der Waals surface area contributed by atoms with E-state index in [2.05, 4.69) is 15.5 Å². The van der Waals surface area contributed by atoms with Crippen molar-refractivity contribution in [2.75, 3.05) is 26.0 Å². The number of nitrogens with one attached hydrogen (secondary N) is 1. The Kier molecular flexibility index (Phi) is 5.71. The van der Waals surface area contributed by atoms with Crippen molar-refractivity contribution >= 4 is 21.6 Å². The van der Waals surface area contributed by atoms with E-state index in [0.717, 1.165) is 9.87 Å². The third-order valence-corrected chi connectivity index (χ3v) is 5.54. The maximum Gasteiger partial charge on any atom is 0.262 e. The number of aromatic nitrogens is 2. The van der Waals surface area contributed by atoms with Gasteiger partial charge in [-0.1, -0.05) is 6.07 Å². The lowest BCUT2D eigenvalue weighted by Gasteiger charge is -2.13. The van der Waals surface area contributed by atoms with Crippen molar-refractivity contribution in [2.45, 2.75) is 4.90 Å². The molecule has 1 N–H and O–H groups in total. The highest BCUT2D eigenvalue weighted by atomic mass is 32.2. The van der Waals surface area contributed by atoms with Gasteiger partial charge in [-0.2, -0.15) is 0 Å². The lowest BCUT2D eigenvalue weighted by molar-refractivity contribution is -0.118. The second kappa shape index (κ2) is 8.19. The van der Waals surface area contributed by atoms with Crippen LogP contribution >= 0.6 is 0 Å². The lowest BCUT2D eigenvalue weighted by Crippen LogP contribution is -2.23. The van der Waals surface area contributed by atoms with Crippen molar-refractivity contribution in [3.8, 4) is 17.2 Å². The van der Waals surface area contributed by atoms with E-state index in [1.807, 2.05) is 0 Å². The minimum absolute atomic E-state index is 0.0906. The Bertz CT molecular complexity index is 1050. The Morgan fingerprint density at radius 2 is 1.93 bits per heavy atom. The van der Waals surface area contributed by atoms with Crippen molar-refractivity contribution in [3.63, 3.8) is 0 Å². The van der Waals surface area contributed by atoms with Crippen LogP contribution in [0, 0.1) is 0 Å². The zero-order chi connectivity index (χ0) is 20.1. The molecule has 1 heterocycles. The average Bonchev–Trinajstić information content (AvgIpc) is 3.21. The van der Waals surface area contributed by atoms with Crippen molar-refractivity contribution in [3.05, 3.63) is 54.9 Å². The first kappa shape index (κ1) is 19.5. The van der Waals surface area contributed by atoms with E-state index in [9.17, 15) is 13.2 Å². The summed E-state index contributed by atoms with van der Waals surface area (Å²) in [5.41, 5.74) is 1.09. The molecule has 0 saturated heterocycles. The van der Waals surface area contributed by atoms with E-state index in [4.69, 9.17) is 9.15 Å². The minimum atomic E-state index is -3.58. The summed E-state index contributed by atoms with van der Waals surface area (Å²) in [4.78, 5) is 12.2. The number of anilines is 1. The Hall–Kier alpha value is -3.24. The Balaban J connectivity index is 1.59. The molecule has 9 nitrogen and oxygen atoms in total. The second-order valence-corrected chi connectivity index (χ2v) is 8.07. The van der Waals surface area contributed by atoms with E-state index < -0.39 is 15.9 Å². The van der Waals surface area contributed by atoms with Crippen LogP contribution in [0.3, 0.4) is 0 Å². The van der Waals surface area contributed by atoms with E-state index in [0.29, 0.717) is 17.3 Å². The second-order valence-electron chi connectivity index (χ2n) is 5.92. The first-order chi connectivity index (χ1) is 13.4. The lowest BCUT2D eigenvalue weighted by atomic mass is 10.2. The highest BCUT2D eigenvalue weighted by molar-refractivity contribution is 7.89. The summed E-state index contributed by atoms with van der Waals surface area (Å²) in [7, 11) is -0.694. The number of hydrogen-bond acceptors (Lipinski definition) is 7. The maximum absolute atomic E-state index is 12.2. The molecule has 1 aromatic heterocycles. The number of rotatable bonds is 7. The highest BCUT2D eigenvalue weighted by Gasteiger charge is 2.17. The highest BCUT2D eigenvalue weighted by Crippen LogP contribution is 2.21. The summed E-state index contributed by atoms with van der Waals surface area (Å²) < 4.78 is 36.0. The predicted octanol–water partition coefficient (Wildman–Crippen LogP) is 2.00. The number of sulfonamides is 1. The third kappa shape index (κ3) is 4.53. The van der Waals surface area contributed by atoms with Crippen LogP contribution in [0.1, 0.15) is 0 Å². The van der Waals surface area contributed by atoms with E-state index >= 15 is 0 Å². The minimum Gasteiger partial charge on any atom is -0.484 e. The van der Waals surface area contributed by atoms with Crippen LogP contribution in [-0.4, -0.2) is 49.5 Å². The molecule has 0 radical (unpaired) electrons. The van der Waals surface area contributed by atoms with Crippen LogP contribution in [0.5, 0.6) is 5.75 Å². The molecule has 0 aliphatic heterocycles. The predicted molar refractivity (Wildman–Crippen MR) is 101 cm³/mol. The fourth-order valence-corrected chi connectivity index (χ4v) is 3.23. The maximum atomic E-state index is 12.2. The van der Waals surface area contributed by atoms with E-state index in [1.165, 1.54) is 32.6 Å². The van der Waals surface area contributed by atoms with Gasteiger partial charge in [-0.15, -0.1) is 10.2 Å². The van der Waals surface area contributed by atoms with Crippen LogP contribution in [0.4, 0.5) is 5.69 Å². The van der Waals surface area contributed by atoms with Gasteiger partial charge in [0.05, 0.1) is 4.90 Å². The van der Waals surface area contributed by atoms with Crippen LogP contribution in [-0.2, 0) is 14.8 Å². The van der Waals surface area contributed by atoms with E-state index in [-0.39, 0.29) is 11.5 Å². The fraction of sp³-hybridized carbons (Fsp3) is 0.167. The van der Waals surface area contributed by atoms with Crippen LogP contribution in [0.25, 0.3) is 11.5 Å². The summed E-state index contributed by atoms with van der Waals surface area (Å²) >= 11 is 0. The molecule has 0 aliphatic rings. The van der Waals surface area contributed by atoms with Gasteiger partial charge in [0.1, 0.15) is 5.75 Å². The Labute approximate surface area is 162 Å². The fourth-order valence-electron chi connectivity index (χ4n) is 2.28. The zero-order valence-corrected chi connectivity index (χ0v) is 16.0. The topological polar surface area (TPSA) is 115 Å². The molecule has 3 aromatic rings. The molecular weight excluding hydrogens is 384 g/mol. The van der Waals surface area contributed by atoms with Crippen molar-refractivity contribution in [2.24, 2.45) is 0 Å². The Morgan fingerprint density at radius 3 is 2.57 bits per heavy atom. The van der Waals surface area contributed by atoms with Crippen LogP contribution in [0.2, 0.25) is 0 Å². The van der Waals surface area contributed by atoms with Crippen LogP contribution in [0.15, 0.2) is 64.2 Å². The quantitative estimate of drug-likeness (QED) is 0.643. The summed E-state index contributed by atoms with van der Waals surface area (Å²) in [5.74, 6) is 0.458. The zero-order valence-electron chi connectivity index (χ0n) is 15.2. The number of amides is 1. The van der Waals surface area contributed by atoms with Gasteiger partial charge in [-0.3, -0.25) is 4.79 Å². The first-order valence-corrected chi connectivity index (χ1v) is 9.62. The smallest absolute Gasteiger partial charge is 0.262 e. The molecule has 10 heteroatoms. The molecule has 1 amide bonds. The number of carbonyl (C=O) groups is 1. The first-order valence-electron chi connectivity index (χ1n) is 8.18. The van der Waals surface area contributed by atoms with Gasteiger partial charge in [0.2, 0.25) is 22.3 Å². The van der Waals surface area contributed by atoms with Crippen molar-refractivity contribution in [1.82, 2.24) is 14.5 Å². The van der Waals surface area contributed by atoms with Gasteiger partial charge < -0.3 is 14.5 Å². The number of carbonyl (C=O) groups excluding carboxylic acids is 1. The normalized spacial score (nSPS) is 11.4. The van der Waals surface area contributed by atoms with Gasteiger partial charge in [-0.05, 0) is 42.5 Å². The molecule has 3 rings (SSSR count). The SMILES string of the molecule is CN(C)S(=O)(=O)c1cccc(NC(=O)COc2ccc(-c3nnco3)cc2)c1. The van der Waals surface area contributed by atoms with Gasteiger partial charge in [0.25, 0.3) is 5.91 Å². The summed E-state index contributed by atoms with van der Waals surface area (Å²) in [6.07, 6.45) is 1.24. The standard InChI is InChI=1S/C18H18N4O5S/c1-22(2)28(24,25)16-5-3-4-14(10-16)20-17(23)11-26-15-8-6-13(7-9-15)18-21-19-12-27-18/h3-10,12H,11H2,1-2H3,(H,20,23). The van der Waals surface area contributed by atoms with Crippen molar-refractivity contribution < 1.29 is 22.4 Å². The number of benzene rings is 2. The molecular formula is C18H18N4O5S. The molecule has 0 saturated carbocycles. The van der Waals surface area contributed by atoms with Crippen LogP contribution < -0.4 is 10.1 Å². The molecule has 28 heavy (non-hydrogen) atoms. The number of hydrogen-bond donors (Lipinski definition) is 1. The summed E-state index contributed by atoms with van der Waals surface area (Å²) in [6.45, 7) is -0.232. The molecule has 0 spiro atoms. The van der Waals surface area contributed by atoms with Gasteiger partial charge >= 0.3 is 0 Å². The number of ether oxygens (including phenoxy) is 1. The number of nitrogens with zero attached hydrogens (tertiary/aromatic N) is 3. The molecule has 0 fully saturated rings. The molecule has 2 aromatic carbocycles. The largest absolute Gasteiger partial charge is 0.484 e.